The Morgan fingerprint density at radius 2 is 1.79 bits per heavy atom. The summed E-state index contributed by atoms with van der Waals surface area (Å²) in [5, 5.41) is 13.3. The van der Waals surface area contributed by atoms with Crippen molar-refractivity contribution in [2.45, 2.75) is 19.0 Å². The normalized spacial score (nSPS) is 14.2. The number of nitrogens with one attached hydrogen (secondary N) is 1. The molecule has 0 unspecified atom stereocenters. The number of halogens is 4. The maximum atomic E-state index is 13.4. The number of alkyl halides is 3. The first-order valence-electron chi connectivity index (χ1n) is 8.38. The first-order chi connectivity index (χ1) is 13.2. The van der Waals surface area contributed by atoms with Crippen molar-refractivity contribution in [1.82, 2.24) is 0 Å². The zero-order valence-electron chi connectivity index (χ0n) is 14.4. The lowest BCUT2D eigenvalue weighted by atomic mass is 10.1. The number of hydrogen-bond acceptors (Lipinski definition) is 4. The molecule has 0 atom stereocenters. The molecule has 1 N–H and O–H groups in total. The van der Waals surface area contributed by atoms with E-state index in [0.717, 1.165) is 25.0 Å². The van der Waals surface area contributed by atoms with Crippen molar-refractivity contribution in [3.8, 4) is 0 Å². The van der Waals surface area contributed by atoms with Crippen LogP contribution in [0.3, 0.4) is 0 Å². The highest BCUT2D eigenvalue weighted by Crippen LogP contribution is 2.34. The zero-order chi connectivity index (χ0) is 20.5. The number of anilines is 2. The van der Waals surface area contributed by atoms with Crippen molar-refractivity contribution in [3.63, 3.8) is 0 Å². The van der Waals surface area contributed by atoms with Crippen molar-refractivity contribution in [3.05, 3.63) is 63.5 Å². The molecule has 2 aromatic rings. The molecule has 0 saturated carbocycles. The maximum Gasteiger partial charge on any atom is 0.419 e. The molecule has 1 aliphatic rings. The van der Waals surface area contributed by atoms with Gasteiger partial charge >= 0.3 is 6.18 Å². The minimum absolute atomic E-state index is 0.0333. The Morgan fingerprint density at radius 1 is 1.11 bits per heavy atom. The summed E-state index contributed by atoms with van der Waals surface area (Å²) in [4.78, 5) is 24.9. The van der Waals surface area contributed by atoms with E-state index in [-0.39, 0.29) is 16.9 Å². The molecule has 0 spiro atoms. The lowest BCUT2D eigenvalue weighted by molar-refractivity contribution is -0.384. The number of non-ortho nitro benzene ring substituents is 1. The summed E-state index contributed by atoms with van der Waals surface area (Å²) < 4.78 is 52.0. The second-order valence-corrected chi connectivity index (χ2v) is 6.30. The topological polar surface area (TPSA) is 75.5 Å². The van der Waals surface area contributed by atoms with Gasteiger partial charge in [-0.2, -0.15) is 13.2 Å². The highest BCUT2D eigenvalue weighted by Gasteiger charge is 2.34. The van der Waals surface area contributed by atoms with Gasteiger partial charge in [0.15, 0.2) is 0 Å². The van der Waals surface area contributed by atoms with Gasteiger partial charge in [0.25, 0.3) is 11.6 Å². The molecule has 0 aromatic heterocycles. The fraction of sp³-hybridized carbons (Fsp3) is 0.278. The molecule has 0 bridgehead atoms. The van der Waals surface area contributed by atoms with Crippen LogP contribution in [0, 0.1) is 15.9 Å². The summed E-state index contributed by atoms with van der Waals surface area (Å²) in [7, 11) is 0. The second kappa shape index (κ2) is 7.45. The van der Waals surface area contributed by atoms with Crippen LogP contribution in [0.2, 0.25) is 0 Å². The summed E-state index contributed by atoms with van der Waals surface area (Å²) in [6.45, 7) is 1.32. The molecule has 1 fully saturated rings. The third-order valence-corrected chi connectivity index (χ3v) is 4.41. The number of hydrogen-bond donors (Lipinski definition) is 1. The molecule has 3 rings (SSSR count). The quantitative estimate of drug-likeness (QED) is 0.465. The average Bonchev–Trinajstić information content (AvgIpc) is 3.16. The zero-order valence-corrected chi connectivity index (χ0v) is 14.4. The third kappa shape index (κ3) is 4.05. The fourth-order valence-electron chi connectivity index (χ4n) is 3.07. The predicted molar refractivity (Wildman–Crippen MR) is 93.9 cm³/mol. The number of benzene rings is 2. The Hall–Kier alpha value is -3.17. The largest absolute Gasteiger partial charge is 0.419 e. The van der Waals surface area contributed by atoms with Crippen LogP contribution in [-0.4, -0.2) is 23.9 Å². The van der Waals surface area contributed by atoms with Gasteiger partial charge in [-0.1, -0.05) is 0 Å². The Balaban J connectivity index is 1.95. The van der Waals surface area contributed by atoms with Crippen LogP contribution in [0.15, 0.2) is 36.4 Å². The highest BCUT2D eigenvalue weighted by molar-refractivity contribution is 6.08. The molecule has 148 valence electrons. The van der Waals surface area contributed by atoms with Crippen LogP contribution >= 0.6 is 0 Å². The number of nitro benzene ring substituents is 1. The van der Waals surface area contributed by atoms with Gasteiger partial charge in [-0.3, -0.25) is 14.9 Å². The lowest BCUT2D eigenvalue weighted by Crippen LogP contribution is -2.23. The van der Waals surface area contributed by atoms with Gasteiger partial charge in [-0.15, -0.1) is 0 Å². The van der Waals surface area contributed by atoms with Gasteiger partial charge in [0.05, 0.1) is 21.7 Å². The molecule has 0 aliphatic carbocycles. The molecular weight excluding hydrogens is 382 g/mol. The molecule has 1 saturated heterocycles. The molecule has 1 aliphatic heterocycles. The third-order valence-electron chi connectivity index (χ3n) is 4.41. The molecule has 6 nitrogen and oxygen atoms in total. The SMILES string of the molecule is O=C(Nc1ccc(F)c(C(F)(F)F)c1)c1cc([N+](=O)[O-])ccc1N1CCCC1. The van der Waals surface area contributed by atoms with Crippen LogP contribution < -0.4 is 10.2 Å². The standard InChI is InChI=1S/C18H15F4N3O3/c19-15-5-3-11(9-14(15)18(20,21)22)23-17(26)13-10-12(25(27)28)4-6-16(13)24-7-1-2-8-24/h3-6,9-10H,1-2,7-8H2,(H,23,26). The van der Waals surface area contributed by atoms with E-state index in [2.05, 4.69) is 5.32 Å². The number of rotatable bonds is 4. The lowest BCUT2D eigenvalue weighted by Gasteiger charge is -2.21. The highest BCUT2D eigenvalue weighted by atomic mass is 19.4. The van der Waals surface area contributed by atoms with Crippen molar-refractivity contribution < 1.29 is 27.3 Å². The summed E-state index contributed by atoms with van der Waals surface area (Å²) in [5.74, 6) is -2.27. The first kappa shape index (κ1) is 19.6. The number of amides is 1. The van der Waals surface area contributed by atoms with Crippen molar-refractivity contribution in [2.24, 2.45) is 0 Å². The summed E-state index contributed by atoms with van der Waals surface area (Å²) >= 11 is 0. The van der Waals surface area contributed by atoms with Crippen LogP contribution in [0.5, 0.6) is 0 Å². The Morgan fingerprint density at radius 3 is 2.39 bits per heavy atom. The molecular formula is C18H15F4N3O3. The molecule has 0 radical (unpaired) electrons. The van der Waals surface area contributed by atoms with E-state index in [1.165, 1.54) is 12.1 Å². The van der Waals surface area contributed by atoms with E-state index >= 15 is 0 Å². The van der Waals surface area contributed by atoms with E-state index in [1.54, 1.807) is 0 Å². The van der Waals surface area contributed by atoms with Gasteiger partial charge in [0, 0.05) is 30.9 Å². The van der Waals surface area contributed by atoms with Crippen molar-refractivity contribution in [1.29, 1.82) is 0 Å². The van der Waals surface area contributed by atoms with Gasteiger partial charge in [0.2, 0.25) is 0 Å². The molecule has 1 heterocycles. The Kier molecular flexibility index (Phi) is 5.21. The molecule has 2 aromatic carbocycles. The van der Waals surface area contributed by atoms with E-state index in [1.807, 2.05) is 4.90 Å². The van der Waals surface area contributed by atoms with E-state index in [0.29, 0.717) is 30.9 Å². The number of nitrogens with zero attached hydrogens (tertiary/aromatic N) is 2. The van der Waals surface area contributed by atoms with Gasteiger partial charge < -0.3 is 10.2 Å². The van der Waals surface area contributed by atoms with Crippen LogP contribution in [0.4, 0.5) is 34.6 Å². The van der Waals surface area contributed by atoms with Gasteiger partial charge in [-0.05, 0) is 37.1 Å². The molecule has 10 heteroatoms. The number of carbonyl (C=O) groups is 1. The minimum atomic E-state index is -4.92. The smallest absolute Gasteiger partial charge is 0.371 e. The van der Waals surface area contributed by atoms with E-state index < -0.39 is 28.4 Å². The Labute approximate surface area is 156 Å². The summed E-state index contributed by atoms with van der Waals surface area (Å²) in [6.07, 6.45) is -3.13. The van der Waals surface area contributed by atoms with E-state index in [4.69, 9.17) is 0 Å². The fourth-order valence-corrected chi connectivity index (χ4v) is 3.07. The van der Waals surface area contributed by atoms with E-state index in [9.17, 15) is 32.5 Å². The minimum Gasteiger partial charge on any atom is -0.371 e. The number of carbonyl (C=O) groups excluding carboxylic acids is 1. The molecule has 28 heavy (non-hydrogen) atoms. The van der Waals surface area contributed by atoms with Crippen LogP contribution in [0.1, 0.15) is 28.8 Å². The second-order valence-electron chi connectivity index (χ2n) is 6.30. The maximum absolute atomic E-state index is 13.4. The number of nitro groups is 1. The molecule has 1 amide bonds. The van der Waals surface area contributed by atoms with Crippen molar-refractivity contribution >= 4 is 23.0 Å². The van der Waals surface area contributed by atoms with Gasteiger partial charge in [-0.25, -0.2) is 4.39 Å². The predicted octanol–water partition coefficient (Wildman–Crippen LogP) is 4.61. The van der Waals surface area contributed by atoms with Crippen molar-refractivity contribution in [2.75, 3.05) is 23.3 Å². The Bertz CT molecular complexity index is 925. The average molecular weight is 397 g/mol. The summed E-state index contributed by atoms with van der Waals surface area (Å²) in [5.41, 5.74) is -1.67. The van der Waals surface area contributed by atoms with Gasteiger partial charge in [0.1, 0.15) is 5.82 Å². The van der Waals surface area contributed by atoms with Crippen LogP contribution in [0.25, 0.3) is 0 Å². The van der Waals surface area contributed by atoms with Crippen LogP contribution in [-0.2, 0) is 6.18 Å². The first-order valence-corrected chi connectivity index (χ1v) is 8.38. The summed E-state index contributed by atoms with van der Waals surface area (Å²) in [6, 6.07) is 5.88. The monoisotopic (exact) mass is 397 g/mol.